The van der Waals surface area contributed by atoms with Gasteiger partial charge in [-0.1, -0.05) is 45.0 Å². The zero-order valence-corrected chi connectivity index (χ0v) is 16.9. The number of benzene rings is 2. The smallest absolute Gasteiger partial charge is 0.265 e. The molecule has 0 radical (unpaired) electrons. The Bertz CT molecular complexity index is 730. The zero-order valence-electron chi connectivity index (χ0n) is 15.3. The van der Waals surface area contributed by atoms with Crippen LogP contribution in [0.2, 0.25) is 0 Å². The summed E-state index contributed by atoms with van der Waals surface area (Å²) in [5.41, 5.74) is 3.04. The topological polar surface area (TPSA) is 38.3 Å². The van der Waals surface area contributed by atoms with Crippen LogP contribution in [0.4, 0.5) is 5.69 Å². The molecule has 0 heterocycles. The number of ether oxygens (including phenoxy) is 1. The Balaban J connectivity index is 2.16. The highest BCUT2D eigenvalue weighted by Crippen LogP contribution is 2.30. The van der Waals surface area contributed by atoms with E-state index in [1.165, 1.54) is 0 Å². The van der Waals surface area contributed by atoms with Crippen molar-refractivity contribution in [3.63, 3.8) is 0 Å². The van der Waals surface area contributed by atoms with Crippen LogP contribution in [0, 0.1) is 6.92 Å². The van der Waals surface area contributed by atoms with Gasteiger partial charge in [0, 0.05) is 4.47 Å². The van der Waals surface area contributed by atoms with E-state index in [4.69, 9.17) is 4.74 Å². The molecular formula is C21H26BrNO2. The van der Waals surface area contributed by atoms with Crippen molar-refractivity contribution < 1.29 is 9.53 Å². The molecule has 0 aliphatic carbocycles. The minimum atomic E-state index is -0.529. The second-order valence-corrected chi connectivity index (χ2v) is 7.19. The number of aryl methyl sites for hydroxylation is 1. The summed E-state index contributed by atoms with van der Waals surface area (Å²) in [6.07, 6.45) is 1.10. The highest BCUT2D eigenvalue weighted by Gasteiger charge is 2.21. The van der Waals surface area contributed by atoms with Crippen LogP contribution in [0.5, 0.6) is 5.75 Å². The van der Waals surface area contributed by atoms with Gasteiger partial charge in [-0.15, -0.1) is 0 Å². The van der Waals surface area contributed by atoms with E-state index >= 15 is 0 Å². The molecule has 0 spiro atoms. The van der Waals surface area contributed by atoms with Crippen LogP contribution in [0.3, 0.4) is 0 Å². The van der Waals surface area contributed by atoms with Gasteiger partial charge in [0.1, 0.15) is 5.75 Å². The van der Waals surface area contributed by atoms with Crippen LogP contribution in [-0.4, -0.2) is 12.0 Å². The first-order valence-electron chi connectivity index (χ1n) is 8.78. The molecule has 0 aliphatic heterocycles. The van der Waals surface area contributed by atoms with E-state index in [0.717, 1.165) is 33.5 Å². The highest BCUT2D eigenvalue weighted by atomic mass is 79.9. The first kappa shape index (κ1) is 19.5. The fraction of sp³-hybridized carbons (Fsp3) is 0.381. The quantitative estimate of drug-likeness (QED) is 0.609. The van der Waals surface area contributed by atoms with Crippen LogP contribution >= 0.6 is 15.9 Å². The van der Waals surface area contributed by atoms with E-state index in [9.17, 15) is 4.79 Å². The van der Waals surface area contributed by atoms with Crippen LogP contribution < -0.4 is 10.1 Å². The Hall–Kier alpha value is -1.81. The molecule has 0 aromatic heterocycles. The third kappa shape index (κ3) is 5.08. The second-order valence-electron chi connectivity index (χ2n) is 6.33. The summed E-state index contributed by atoms with van der Waals surface area (Å²) in [5, 5.41) is 2.96. The summed E-state index contributed by atoms with van der Waals surface area (Å²) in [6.45, 7) is 8.30. The summed E-state index contributed by atoms with van der Waals surface area (Å²) in [6, 6.07) is 13.8. The Morgan fingerprint density at radius 1 is 1.16 bits per heavy atom. The maximum Gasteiger partial charge on any atom is 0.265 e. The van der Waals surface area contributed by atoms with E-state index in [1.54, 1.807) is 0 Å². The summed E-state index contributed by atoms with van der Waals surface area (Å²) in [4.78, 5) is 12.7. The molecule has 0 bridgehead atoms. The number of amides is 1. The average Bonchev–Trinajstić information content (AvgIpc) is 2.61. The molecule has 4 heteroatoms. The molecule has 1 N–H and O–H groups in total. The lowest BCUT2D eigenvalue weighted by Gasteiger charge is -2.21. The van der Waals surface area contributed by atoms with E-state index in [2.05, 4.69) is 41.2 Å². The molecule has 0 aliphatic rings. The average molecular weight is 404 g/mol. The van der Waals surface area contributed by atoms with Gasteiger partial charge in [-0.3, -0.25) is 4.79 Å². The van der Waals surface area contributed by atoms with Crippen LogP contribution in [0.1, 0.15) is 50.7 Å². The SMILES string of the molecule is CCC(Oc1ccccc1C(C)CC)C(=O)Nc1ccc(C)cc1Br. The van der Waals surface area contributed by atoms with Gasteiger partial charge in [-0.25, -0.2) is 0 Å². The molecule has 0 saturated heterocycles. The van der Waals surface area contributed by atoms with Crippen molar-refractivity contribution >= 4 is 27.5 Å². The number of anilines is 1. The number of carbonyl (C=O) groups is 1. The molecule has 2 unspecified atom stereocenters. The molecule has 134 valence electrons. The Morgan fingerprint density at radius 3 is 2.52 bits per heavy atom. The van der Waals surface area contributed by atoms with Gasteiger partial charge in [-0.05, 0) is 70.9 Å². The fourth-order valence-corrected chi connectivity index (χ4v) is 3.22. The number of hydrogen-bond donors (Lipinski definition) is 1. The van der Waals surface area contributed by atoms with Crippen molar-refractivity contribution in [2.45, 2.75) is 52.6 Å². The zero-order chi connectivity index (χ0) is 18.4. The van der Waals surface area contributed by atoms with Gasteiger partial charge in [0.05, 0.1) is 5.69 Å². The Morgan fingerprint density at radius 2 is 1.88 bits per heavy atom. The van der Waals surface area contributed by atoms with Crippen LogP contribution in [-0.2, 0) is 4.79 Å². The molecule has 3 nitrogen and oxygen atoms in total. The number of hydrogen-bond acceptors (Lipinski definition) is 2. The van der Waals surface area contributed by atoms with Crippen molar-refractivity contribution in [1.29, 1.82) is 0 Å². The molecule has 1 amide bonds. The standard InChI is InChI=1S/C21H26BrNO2/c1-5-15(4)16-9-7-8-10-20(16)25-19(6-2)21(24)23-18-12-11-14(3)13-17(18)22/h7-13,15,19H,5-6H2,1-4H3,(H,23,24). The van der Waals surface area contributed by atoms with Crippen molar-refractivity contribution in [3.05, 3.63) is 58.1 Å². The summed E-state index contributed by atoms with van der Waals surface area (Å²) < 4.78 is 6.96. The number of rotatable bonds is 7. The van der Waals surface area contributed by atoms with E-state index in [0.29, 0.717) is 12.3 Å². The normalized spacial score (nSPS) is 13.2. The maximum absolute atomic E-state index is 12.7. The monoisotopic (exact) mass is 403 g/mol. The molecule has 0 saturated carbocycles. The predicted octanol–water partition coefficient (Wildman–Crippen LogP) is 6.07. The number of nitrogens with one attached hydrogen (secondary N) is 1. The molecule has 2 aromatic carbocycles. The van der Waals surface area contributed by atoms with Gasteiger partial charge in [0.15, 0.2) is 6.10 Å². The molecule has 25 heavy (non-hydrogen) atoms. The molecule has 2 atom stereocenters. The van der Waals surface area contributed by atoms with Gasteiger partial charge in [0.2, 0.25) is 0 Å². The second kappa shape index (κ2) is 9.04. The third-order valence-electron chi connectivity index (χ3n) is 4.38. The van der Waals surface area contributed by atoms with Crippen molar-refractivity contribution in [3.8, 4) is 5.75 Å². The van der Waals surface area contributed by atoms with Crippen LogP contribution in [0.15, 0.2) is 46.9 Å². The number of para-hydroxylation sites is 1. The van der Waals surface area contributed by atoms with Gasteiger partial charge >= 0.3 is 0 Å². The largest absolute Gasteiger partial charge is 0.480 e. The summed E-state index contributed by atoms with van der Waals surface area (Å²) in [7, 11) is 0. The number of halogens is 1. The first-order valence-corrected chi connectivity index (χ1v) is 9.58. The third-order valence-corrected chi connectivity index (χ3v) is 5.03. The van der Waals surface area contributed by atoms with Gasteiger partial charge in [0.25, 0.3) is 5.91 Å². The van der Waals surface area contributed by atoms with Crippen LogP contribution in [0.25, 0.3) is 0 Å². The lowest BCUT2D eigenvalue weighted by atomic mass is 9.98. The highest BCUT2D eigenvalue weighted by molar-refractivity contribution is 9.10. The van der Waals surface area contributed by atoms with Crippen molar-refractivity contribution in [1.82, 2.24) is 0 Å². The summed E-state index contributed by atoms with van der Waals surface area (Å²) in [5.74, 6) is 1.05. The van der Waals surface area contributed by atoms with Gasteiger partial charge in [-0.2, -0.15) is 0 Å². The van der Waals surface area contributed by atoms with Crippen molar-refractivity contribution in [2.24, 2.45) is 0 Å². The molecule has 2 aromatic rings. The lowest BCUT2D eigenvalue weighted by molar-refractivity contribution is -0.122. The molecular weight excluding hydrogens is 378 g/mol. The number of carbonyl (C=O) groups excluding carboxylic acids is 1. The van der Waals surface area contributed by atoms with E-state index in [-0.39, 0.29) is 5.91 Å². The predicted molar refractivity (Wildman–Crippen MR) is 107 cm³/mol. The minimum absolute atomic E-state index is 0.133. The lowest BCUT2D eigenvalue weighted by Crippen LogP contribution is -2.32. The first-order chi connectivity index (χ1) is 12.0. The molecule has 2 rings (SSSR count). The summed E-state index contributed by atoms with van der Waals surface area (Å²) >= 11 is 3.50. The van der Waals surface area contributed by atoms with E-state index < -0.39 is 6.10 Å². The van der Waals surface area contributed by atoms with E-state index in [1.807, 2.05) is 50.2 Å². The molecule has 0 fully saturated rings. The van der Waals surface area contributed by atoms with Gasteiger partial charge < -0.3 is 10.1 Å². The minimum Gasteiger partial charge on any atom is -0.480 e. The Labute approximate surface area is 158 Å². The van der Waals surface area contributed by atoms with Crippen molar-refractivity contribution in [2.75, 3.05) is 5.32 Å². The fourth-order valence-electron chi connectivity index (χ4n) is 2.63. The maximum atomic E-state index is 12.7. The Kier molecular flexibility index (Phi) is 7.06.